The van der Waals surface area contributed by atoms with Crippen molar-refractivity contribution in [3.05, 3.63) is 70.0 Å². The molecule has 0 saturated carbocycles. The first-order chi connectivity index (χ1) is 12.8. The second-order valence-electron chi connectivity index (χ2n) is 7.16. The van der Waals surface area contributed by atoms with Crippen LogP contribution in [0, 0.1) is 4.77 Å². The van der Waals surface area contributed by atoms with Crippen LogP contribution in [0.25, 0.3) is 11.4 Å². The van der Waals surface area contributed by atoms with Crippen LogP contribution in [0.5, 0.6) is 0 Å². The van der Waals surface area contributed by atoms with Crippen molar-refractivity contribution in [3.8, 4) is 11.4 Å². The molecule has 27 heavy (non-hydrogen) atoms. The van der Waals surface area contributed by atoms with Crippen LogP contribution in [-0.2, 0) is 5.41 Å². The molecular formula is C20H20N4O2S. The quantitative estimate of drug-likeness (QED) is 0.516. The Hall–Kier alpha value is -3.06. The summed E-state index contributed by atoms with van der Waals surface area (Å²) in [5, 5.41) is 20.4. The molecule has 0 aliphatic carbocycles. The molecule has 0 amide bonds. The van der Waals surface area contributed by atoms with E-state index in [0.29, 0.717) is 10.6 Å². The first kappa shape index (κ1) is 18.7. The number of H-pyrrole nitrogens is 1. The van der Waals surface area contributed by atoms with Crippen LogP contribution < -0.4 is 0 Å². The maximum absolute atomic E-state index is 10.9. The van der Waals surface area contributed by atoms with Crippen LogP contribution in [0.15, 0.2) is 53.6 Å². The lowest BCUT2D eigenvalue weighted by Crippen LogP contribution is -2.10. The van der Waals surface area contributed by atoms with Gasteiger partial charge in [-0.25, -0.2) is 9.89 Å². The van der Waals surface area contributed by atoms with Crippen LogP contribution in [-0.4, -0.2) is 32.2 Å². The highest BCUT2D eigenvalue weighted by molar-refractivity contribution is 7.71. The van der Waals surface area contributed by atoms with Crippen molar-refractivity contribution in [2.75, 3.05) is 0 Å². The van der Waals surface area contributed by atoms with E-state index in [-0.39, 0.29) is 11.0 Å². The van der Waals surface area contributed by atoms with Gasteiger partial charge in [-0.1, -0.05) is 57.2 Å². The van der Waals surface area contributed by atoms with E-state index in [4.69, 9.17) is 17.3 Å². The molecule has 0 aliphatic heterocycles. The van der Waals surface area contributed by atoms with E-state index in [0.717, 1.165) is 11.1 Å². The van der Waals surface area contributed by atoms with E-state index >= 15 is 0 Å². The van der Waals surface area contributed by atoms with E-state index in [1.54, 1.807) is 23.0 Å². The van der Waals surface area contributed by atoms with Gasteiger partial charge in [-0.15, -0.1) is 0 Å². The Kier molecular flexibility index (Phi) is 5.05. The van der Waals surface area contributed by atoms with E-state index in [2.05, 4.69) is 48.2 Å². The van der Waals surface area contributed by atoms with Crippen molar-refractivity contribution in [2.45, 2.75) is 26.2 Å². The number of carboxylic acid groups (broad SMARTS) is 1. The van der Waals surface area contributed by atoms with Crippen LogP contribution in [0.4, 0.5) is 0 Å². The highest BCUT2D eigenvalue weighted by Gasteiger charge is 2.14. The number of hydrogen-bond donors (Lipinski definition) is 2. The summed E-state index contributed by atoms with van der Waals surface area (Å²) in [5.41, 5.74) is 3.19. The van der Waals surface area contributed by atoms with Gasteiger partial charge in [0.05, 0.1) is 11.8 Å². The average Bonchev–Trinajstić information content (AvgIpc) is 3.00. The van der Waals surface area contributed by atoms with Gasteiger partial charge < -0.3 is 5.11 Å². The summed E-state index contributed by atoms with van der Waals surface area (Å²) in [6.07, 6.45) is 1.62. The monoisotopic (exact) mass is 380 g/mol. The molecule has 3 rings (SSSR count). The lowest BCUT2D eigenvalue weighted by atomic mass is 9.87. The van der Waals surface area contributed by atoms with Gasteiger partial charge in [0.1, 0.15) is 0 Å². The van der Waals surface area contributed by atoms with Crippen LogP contribution in [0.3, 0.4) is 0 Å². The standard InChI is InChI=1S/C20H20N4O2S/c1-20(2,3)16-10-8-14(9-11-16)17-22-23-19(27)24(17)21-12-13-4-6-15(7-5-13)18(25)26/h4-12H,1-3H3,(H,23,27)(H,25,26)/b21-12-. The van der Waals surface area contributed by atoms with Gasteiger partial charge in [0, 0.05) is 5.56 Å². The van der Waals surface area contributed by atoms with Gasteiger partial charge in [-0.2, -0.15) is 14.9 Å². The normalized spacial score (nSPS) is 11.8. The van der Waals surface area contributed by atoms with E-state index in [9.17, 15) is 4.79 Å². The maximum atomic E-state index is 10.9. The average molecular weight is 380 g/mol. The van der Waals surface area contributed by atoms with Gasteiger partial charge in [0.25, 0.3) is 0 Å². The van der Waals surface area contributed by atoms with Crippen molar-refractivity contribution in [1.29, 1.82) is 0 Å². The van der Waals surface area contributed by atoms with Gasteiger partial charge >= 0.3 is 5.97 Å². The lowest BCUT2D eigenvalue weighted by molar-refractivity contribution is 0.0697. The summed E-state index contributed by atoms with van der Waals surface area (Å²) in [4.78, 5) is 10.9. The number of nitrogens with zero attached hydrogens (tertiary/aromatic N) is 3. The molecule has 0 spiro atoms. The van der Waals surface area contributed by atoms with E-state index in [1.807, 2.05) is 12.1 Å². The lowest BCUT2D eigenvalue weighted by Gasteiger charge is -2.18. The molecule has 1 heterocycles. The minimum atomic E-state index is -0.962. The maximum Gasteiger partial charge on any atom is 0.335 e. The van der Waals surface area contributed by atoms with Crippen molar-refractivity contribution in [2.24, 2.45) is 5.10 Å². The molecule has 138 valence electrons. The number of aromatic carboxylic acids is 1. The van der Waals surface area contributed by atoms with Crippen LogP contribution in [0.2, 0.25) is 0 Å². The Bertz CT molecular complexity index is 1040. The molecule has 0 saturated heterocycles. The molecule has 0 bridgehead atoms. The number of benzene rings is 2. The predicted octanol–water partition coefficient (Wildman–Crippen LogP) is 4.49. The summed E-state index contributed by atoms with van der Waals surface area (Å²) in [5.74, 6) is -0.351. The van der Waals surface area contributed by atoms with Crippen molar-refractivity contribution in [1.82, 2.24) is 14.9 Å². The Morgan fingerprint density at radius 3 is 2.33 bits per heavy atom. The first-order valence-corrected chi connectivity index (χ1v) is 8.82. The number of aromatic amines is 1. The number of carboxylic acids is 1. The van der Waals surface area contributed by atoms with Crippen molar-refractivity contribution in [3.63, 3.8) is 0 Å². The van der Waals surface area contributed by atoms with Crippen molar-refractivity contribution >= 4 is 24.4 Å². The minimum Gasteiger partial charge on any atom is -0.478 e. The molecule has 0 aliphatic rings. The Balaban J connectivity index is 1.91. The molecule has 3 aromatic rings. The Morgan fingerprint density at radius 2 is 1.78 bits per heavy atom. The van der Waals surface area contributed by atoms with E-state index in [1.165, 1.54) is 17.7 Å². The second-order valence-corrected chi connectivity index (χ2v) is 7.55. The van der Waals surface area contributed by atoms with Crippen LogP contribution in [0.1, 0.15) is 42.3 Å². The fraction of sp³-hybridized carbons (Fsp3) is 0.200. The molecule has 0 radical (unpaired) electrons. The first-order valence-electron chi connectivity index (χ1n) is 8.42. The van der Waals surface area contributed by atoms with Gasteiger partial charge in [-0.3, -0.25) is 0 Å². The highest BCUT2D eigenvalue weighted by atomic mass is 32.1. The number of nitrogens with one attached hydrogen (secondary N) is 1. The fourth-order valence-electron chi connectivity index (χ4n) is 2.54. The van der Waals surface area contributed by atoms with E-state index < -0.39 is 5.97 Å². The predicted molar refractivity (Wildman–Crippen MR) is 108 cm³/mol. The molecule has 0 atom stereocenters. The molecule has 7 heteroatoms. The zero-order valence-electron chi connectivity index (χ0n) is 15.3. The van der Waals surface area contributed by atoms with Crippen molar-refractivity contribution < 1.29 is 9.90 Å². The highest BCUT2D eigenvalue weighted by Crippen LogP contribution is 2.25. The number of rotatable bonds is 4. The molecule has 2 aromatic carbocycles. The molecule has 6 nitrogen and oxygen atoms in total. The third kappa shape index (κ3) is 4.20. The van der Waals surface area contributed by atoms with Crippen LogP contribution >= 0.6 is 12.2 Å². The largest absolute Gasteiger partial charge is 0.478 e. The number of carbonyl (C=O) groups is 1. The summed E-state index contributed by atoms with van der Waals surface area (Å²) >= 11 is 5.28. The molecule has 0 fully saturated rings. The third-order valence-corrected chi connectivity index (χ3v) is 4.40. The summed E-state index contributed by atoms with van der Waals surface area (Å²) in [6.45, 7) is 6.49. The topological polar surface area (TPSA) is 83.3 Å². The molecule has 1 aromatic heterocycles. The molecule has 0 unspecified atom stereocenters. The summed E-state index contributed by atoms with van der Waals surface area (Å²) in [6, 6.07) is 14.6. The second kappa shape index (κ2) is 7.28. The fourth-order valence-corrected chi connectivity index (χ4v) is 2.72. The number of aromatic nitrogens is 3. The van der Waals surface area contributed by atoms with Gasteiger partial charge in [0.15, 0.2) is 5.82 Å². The minimum absolute atomic E-state index is 0.0729. The SMILES string of the molecule is CC(C)(C)c1ccc(-c2n[nH]c(=S)n2/N=C\c2ccc(C(=O)O)cc2)cc1. The Labute approximate surface area is 162 Å². The molecule has 2 N–H and O–H groups in total. The smallest absolute Gasteiger partial charge is 0.335 e. The van der Waals surface area contributed by atoms with Gasteiger partial charge in [0.2, 0.25) is 4.77 Å². The summed E-state index contributed by atoms with van der Waals surface area (Å²) < 4.78 is 1.93. The number of hydrogen-bond acceptors (Lipinski definition) is 4. The summed E-state index contributed by atoms with van der Waals surface area (Å²) in [7, 11) is 0. The zero-order chi connectivity index (χ0) is 19.6. The zero-order valence-corrected chi connectivity index (χ0v) is 16.1. The third-order valence-electron chi connectivity index (χ3n) is 4.14. The Morgan fingerprint density at radius 1 is 1.15 bits per heavy atom. The van der Waals surface area contributed by atoms with Gasteiger partial charge in [-0.05, 0) is 40.9 Å². The molecular weight excluding hydrogens is 360 g/mol.